The van der Waals surface area contributed by atoms with Gasteiger partial charge in [-0.1, -0.05) is 24.4 Å². The topological polar surface area (TPSA) is 55.6 Å². The van der Waals surface area contributed by atoms with E-state index >= 15 is 0 Å². The van der Waals surface area contributed by atoms with Gasteiger partial charge in [-0.2, -0.15) is 0 Å². The van der Waals surface area contributed by atoms with Crippen LogP contribution < -0.4 is 10.5 Å². The molecule has 0 atom stereocenters. The van der Waals surface area contributed by atoms with E-state index in [0.29, 0.717) is 17.2 Å². The summed E-state index contributed by atoms with van der Waals surface area (Å²) in [5.74, 6) is 1.24. The fraction of sp³-hybridized carbons (Fsp3) is 0.500. The quantitative estimate of drug-likeness (QED) is 0.786. The van der Waals surface area contributed by atoms with Gasteiger partial charge >= 0.3 is 0 Å². The zero-order valence-electron chi connectivity index (χ0n) is 12.5. The molecule has 1 fully saturated rings. The summed E-state index contributed by atoms with van der Waals surface area (Å²) in [6, 6.07) is 7.45. The minimum atomic E-state index is 0.00893. The second-order valence-electron chi connectivity index (χ2n) is 5.73. The van der Waals surface area contributed by atoms with Crippen molar-refractivity contribution in [2.75, 3.05) is 13.2 Å². The Balaban J connectivity index is 1.97. The highest BCUT2D eigenvalue weighted by Crippen LogP contribution is 2.30. The van der Waals surface area contributed by atoms with Crippen LogP contribution in [-0.4, -0.2) is 35.0 Å². The van der Waals surface area contributed by atoms with Gasteiger partial charge in [-0.3, -0.25) is 4.79 Å². The Morgan fingerprint density at radius 1 is 1.43 bits per heavy atom. The summed E-state index contributed by atoms with van der Waals surface area (Å²) < 4.78 is 5.63. The van der Waals surface area contributed by atoms with E-state index < -0.39 is 0 Å². The van der Waals surface area contributed by atoms with Crippen LogP contribution >= 0.6 is 12.2 Å². The molecule has 1 aromatic carbocycles. The number of thiocarbonyl (C=S) groups is 1. The van der Waals surface area contributed by atoms with Crippen LogP contribution in [-0.2, 0) is 4.79 Å². The van der Waals surface area contributed by atoms with Crippen molar-refractivity contribution in [2.45, 2.75) is 32.7 Å². The van der Waals surface area contributed by atoms with Gasteiger partial charge in [0, 0.05) is 12.6 Å². The molecule has 21 heavy (non-hydrogen) atoms. The lowest BCUT2D eigenvalue weighted by Crippen LogP contribution is -2.41. The van der Waals surface area contributed by atoms with Crippen molar-refractivity contribution >= 4 is 23.1 Å². The van der Waals surface area contributed by atoms with Crippen molar-refractivity contribution in [2.24, 2.45) is 11.7 Å². The van der Waals surface area contributed by atoms with Crippen molar-refractivity contribution in [3.63, 3.8) is 0 Å². The predicted molar refractivity (Wildman–Crippen MR) is 87.4 cm³/mol. The van der Waals surface area contributed by atoms with Crippen LogP contribution in [0.15, 0.2) is 24.3 Å². The molecular weight excluding hydrogens is 284 g/mol. The third-order valence-electron chi connectivity index (χ3n) is 3.60. The molecule has 1 aliphatic rings. The fourth-order valence-corrected chi connectivity index (χ4v) is 2.37. The molecule has 1 saturated carbocycles. The molecule has 0 radical (unpaired) electrons. The number of ether oxygens (including phenoxy) is 1. The molecule has 2 N–H and O–H groups in total. The average Bonchev–Trinajstić information content (AvgIpc) is 3.26. The molecule has 0 spiro atoms. The number of benzene rings is 1. The SMILES string of the molecule is CC(C)N(CC1CC1)C(=O)COc1ccccc1C(N)=S. The summed E-state index contributed by atoms with van der Waals surface area (Å²) in [6.45, 7) is 4.91. The molecule has 0 unspecified atom stereocenters. The van der Waals surface area contributed by atoms with E-state index in [1.165, 1.54) is 12.8 Å². The minimum absolute atomic E-state index is 0.00893. The summed E-state index contributed by atoms with van der Waals surface area (Å²) in [6.07, 6.45) is 2.45. The van der Waals surface area contributed by atoms with Crippen molar-refractivity contribution in [1.82, 2.24) is 4.90 Å². The first-order chi connectivity index (χ1) is 9.99. The highest BCUT2D eigenvalue weighted by Gasteiger charge is 2.28. The third-order valence-corrected chi connectivity index (χ3v) is 3.82. The molecule has 0 aliphatic heterocycles. The Morgan fingerprint density at radius 2 is 2.10 bits per heavy atom. The minimum Gasteiger partial charge on any atom is -0.483 e. The molecular formula is C16H22N2O2S. The van der Waals surface area contributed by atoms with E-state index in [9.17, 15) is 4.79 Å². The van der Waals surface area contributed by atoms with Crippen LogP contribution in [0.4, 0.5) is 0 Å². The first-order valence-corrected chi connectivity index (χ1v) is 7.71. The number of carbonyl (C=O) groups excluding carboxylic acids is 1. The number of para-hydroxylation sites is 1. The number of nitrogens with zero attached hydrogens (tertiary/aromatic N) is 1. The molecule has 0 bridgehead atoms. The van der Waals surface area contributed by atoms with Crippen molar-refractivity contribution < 1.29 is 9.53 Å². The van der Waals surface area contributed by atoms with Crippen LogP contribution in [0.3, 0.4) is 0 Å². The van der Waals surface area contributed by atoms with E-state index in [2.05, 4.69) is 0 Å². The molecule has 1 aliphatic carbocycles. The smallest absolute Gasteiger partial charge is 0.260 e. The Hall–Kier alpha value is -1.62. The lowest BCUT2D eigenvalue weighted by Gasteiger charge is -2.27. The maximum atomic E-state index is 12.3. The largest absolute Gasteiger partial charge is 0.483 e. The normalized spacial score (nSPS) is 14.0. The number of hydrogen-bond acceptors (Lipinski definition) is 3. The maximum absolute atomic E-state index is 12.3. The number of nitrogens with two attached hydrogens (primary N) is 1. The second-order valence-corrected chi connectivity index (χ2v) is 6.17. The summed E-state index contributed by atoms with van der Waals surface area (Å²) >= 11 is 4.99. The van der Waals surface area contributed by atoms with Gasteiger partial charge in [0.15, 0.2) is 6.61 Å². The fourth-order valence-electron chi connectivity index (χ4n) is 2.20. The van der Waals surface area contributed by atoms with E-state index in [1.54, 1.807) is 12.1 Å². The molecule has 5 heteroatoms. The van der Waals surface area contributed by atoms with Gasteiger partial charge in [-0.05, 0) is 44.7 Å². The van der Waals surface area contributed by atoms with Gasteiger partial charge in [0.05, 0.1) is 5.56 Å². The lowest BCUT2D eigenvalue weighted by atomic mass is 10.2. The van der Waals surface area contributed by atoms with Gasteiger partial charge < -0.3 is 15.4 Å². The van der Waals surface area contributed by atoms with Crippen LogP contribution in [0.25, 0.3) is 0 Å². The lowest BCUT2D eigenvalue weighted by molar-refractivity contribution is -0.135. The molecule has 114 valence electrons. The van der Waals surface area contributed by atoms with Crippen molar-refractivity contribution in [3.8, 4) is 5.75 Å². The van der Waals surface area contributed by atoms with Crippen LogP contribution in [0.2, 0.25) is 0 Å². The highest BCUT2D eigenvalue weighted by molar-refractivity contribution is 7.80. The van der Waals surface area contributed by atoms with Crippen molar-refractivity contribution in [3.05, 3.63) is 29.8 Å². The molecule has 0 aromatic heterocycles. The molecule has 1 amide bonds. The standard InChI is InChI=1S/C16H22N2O2S/c1-11(2)18(9-12-7-8-12)15(19)10-20-14-6-4-3-5-13(14)16(17)21/h3-6,11-12H,7-10H2,1-2H3,(H2,17,21). The van der Waals surface area contributed by atoms with Gasteiger partial charge in [0.25, 0.3) is 5.91 Å². The van der Waals surface area contributed by atoms with Gasteiger partial charge in [-0.25, -0.2) is 0 Å². The van der Waals surface area contributed by atoms with Crippen LogP contribution in [0.1, 0.15) is 32.3 Å². The number of hydrogen-bond donors (Lipinski definition) is 1. The monoisotopic (exact) mass is 306 g/mol. The molecule has 0 saturated heterocycles. The Bertz CT molecular complexity index is 527. The molecule has 0 heterocycles. The zero-order chi connectivity index (χ0) is 15.4. The third kappa shape index (κ3) is 4.43. The van der Waals surface area contributed by atoms with Gasteiger partial charge in [0.2, 0.25) is 0 Å². The zero-order valence-corrected chi connectivity index (χ0v) is 13.4. The van der Waals surface area contributed by atoms with Gasteiger partial charge in [-0.15, -0.1) is 0 Å². The van der Waals surface area contributed by atoms with E-state index in [4.69, 9.17) is 22.7 Å². The van der Waals surface area contributed by atoms with Gasteiger partial charge in [0.1, 0.15) is 10.7 Å². The first kappa shape index (κ1) is 15.8. The average molecular weight is 306 g/mol. The Labute approximate surface area is 131 Å². The summed E-state index contributed by atoms with van der Waals surface area (Å²) in [5, 5.41) is 0. The number of rotatable bonds is 7. The second kappa shape index (κ2) is 6.89. The number of amides is 1. The Morgan fingerprint density at radius 3 is 2.67 bits per heavy atom. The van der Waals surface area contributed by atoms with E-state index in [1.807, 2.05) is 30.9 Å². The van der Waals surface area contributed by atoms with Crippen molar-refractivity contribution in [1.29, 1.82) is 0 Å². The molecule has 1 aromatic rings. The molecule has 4 nitrogen and oxygen atoms in total. The first-order valence-electron chi connectivity index (χ1n) is 7.30. The maximum Gasteiger partial charge on any atom is 0.260 e. The number of carbonyl (C=O) groups is 1. The summed E-state index contributed by atoms with van der Waals surface area (Å²) in [4.78, 5) is 14.5. The molecule has 2 rings (SSSR count). The summed E-state index contributed by atoms with van der Waals surface area (Å²) in [5.41, 5.74) is 6.32. The predicted octanol–water partition coefficient (Wildman–Crippen LogP) is 2.35. The van der Waals surface area contributed by atoms with E-state index in [-0.39, 0.29) is 23.5 Å². The highest BCUT2D eigenvalue weighted by atomic mass is 32.1. The summed E-state index contributed by atoms with van der Waals surface area (Å²) in [7, 11) is 0. The van der Waals surface area contributed by atoms with Crippen LogP contribution in [0.5, 0.6) is 5.75 Å². The van der Waals surface area contributed by atoms with E-state index in [0.717, 1.165) is 6.54 Å². The Kier molecular flexibility index (Phi) is 5.17. The van der Waals surface area contributed by atoms with Crippen LogP contribution in [0, 0.1) is 5.92 Å².